The van der Waals surface area contributed by atoms with Gasteiger partial charge in [-0.2, -0.15) is 0 Å². The highest BCUT2D eigenvalue weighted by Gasteiger charge is 2.28. The van der Waals surface area contributed by atoms with E-state index in [-0.39, 0.29) is 19.1 Å². The van der Waals surface area contributed by atoms with Crippen molar-refractivity contribution in [2.24, 2.45) is 0 Å². The van der Waals surface area contributed by atoms with Crippen molar-refractivity contribution in [3.63, 3.8) is 0 Å². The van der Waals surface area contributed by atoms with Crippen molar-refractivity contribution in [2.45, 2.75) is 347 Å². The second-order valence-electron chi connectivity index (χ2n) is 25.2. The molecule has 0 bridgehead atoms. The van der Waals surface area contributed by atoms with Gasteiger partial charge in [-0.15, -0.1) is 0 Å². The second kappa shape index (κ2) is 63.4. The van der Waals surface area contributed by atoms with Gasteiger partial charge in [-0.05, 0) is 70.6 Å². The molecular weight excluding hydrogens is 1030 g/mol. The number of carbonyl (C=O) groups excluding carboxylic acids is 1. The van der Waals surface area contributed by atoms with Crippen LogP contribution in [0.1, 0.15) is 335 Å². The van der Waals surface area contributed by atoms with Crippen molar-refractivity contribution in [3.8, 4) is 0 Å². The number of nitrogens with one attached hydrogen (secondary N) is 1. The molecule has 3 N–H and O–H groups in total. The molecule has 82 heavy (non-hydrogen) atoms. The predicted molar refractivity (Wildman–Crippen MR) is 360 cm³/mol. The zero-order valence-corrected chi connectivity index (χ0v) is 55.9. The number of phosphoric ester groups is 1. The van der Waals surface area contributed by atoms with Crippen LogP contribution in [0.25, 0.3) is 0 Å². The molecule has 0 saturated heterocycles. The average Bonchev–Trinajstić information content (AvgIpc) is 3.46. The lowest BCUT2D eigenvalue weighted by atomic mass is 10.0. The lowest BCUT2D eigenvalue weighted by Gasteiger charge is -2.25. The Balaban J connectivity index is 3.97. The average molecular weight is 1170 g/mol. The van der Waals surface area contributed by atoms with Crippen molar-refractivity contribution < 1.29 is 32.9 Å². The molecule has 0 aromatic carbocycles. The van der Waals surface area contributed by atoms with E-state index in [0.29, 0.717) is 17.4 Å². The largest absolute Gasteiger partial charge is 0.472 e. The topological polar surface area (TPSA) is 105 Å². The van der Waals surface area contributed by atoms with Crippen LogP contribution in [0.15, 0.2) is 72.9 Å². The first-order valence-electron chi connectivity index (χ1n) is 35.3. The van der Waals surface area contributed by atoms with Gasteiger partial charge in [-0.25, -0.2) is 4.57 Å². The number of phosphoric acid groups is 1. The van der Waals surface area contributed by atoms with Crippen molar-refractivity contribution in [3.05, 3.63) is 72.9 Å². The molecule has 3 unspecified atom stereocenters. The maximum absolute atomic E-state index is 13.0. The number of quaternary nitrogens is 1. The second-order valence-corrected chi connectivity index (χ2v) is 26.7. The molecule has 9 heteroatoms. The molecule has 0 rings (SSSR count). The number of amides is 1. The third kappa shape index (κ3) is 65.5. The van der Waals surface area contributed by atoms with Gasteiger partial charge in [0.1, 0.15) is 13.2 Å². The fraction of sp³-hybridized carbons (Fsp3) is 0.822. The van der Waals surface area contributed by atoms with E-state index in [1.165, 1.54) is 250 Å². The van der Waals surface area contributed by atoms with E-state index in [1.807, 2.05) is 27.2 Å². The van der Waals surface area contributed by atoms with E-state index < -0.39 is 20.0 Å². The quantitative estimate of drug-likeness (QED) is 0.0243. The van der Waals surface area contributed by atoms with E-state index in [0.717, 1.165) is 64.2 Å². The summed E-state index contributed by atoms with van der Waals surface area (Å²) in [5, 5.41) is 14.0. The number of allylic oxidation sites excluding steroid dienone is 11. The highest BCUT2D eigenvalue weighted by atomic mass is 31.2. The Morgan fingerprint density at radius 1 is 0.427 bits per heavy atom. The number of unbranched alkanes of at least 4 members (excludes halogenated alkanes) is 42. The van der Waals surface area contributed by atoms with Gasteiger partial charge >= 0.3 is 7.82 Å². The summed E-state index contributed by atoms with van der Waals surface area (Å²) in [5.41, 5.74) is 0. The number of nitrogens with zero attached hydrogens (tertiary/aromatic N) is 1. The Kier molecular flexibility index (Phi) is 61.8. The molecule has 0 spiro atoms. The summed E-state index contributed by atoms with van der Waals surface area (Å²) in [5.74, 6) is -0.181. The van der Waals surface area contributed by atoms with Crippen LogP contribution in [-0.2, 0) is 18.4 Å². The van der Waals surface area contributed by atoms with Crippen LogP contribution in [0.4, 0.5) is 0 Å². The molecule has 1 amide bonds. The summed E-state index contributed by atoms with van der Waals surface area (Å²) in [4.78, 5) is 23.4. The molecule has 0 aromatic rings. The number of aliphatic hydroxyl groups is 1. The fourth-order valence-corrected chi connectivity index (χ4v) is 11.2. The van der Waals surface area contributed by atoms with Crippen LogP contribution in [0, 0.1) is 0 Å². The highest BCUT2D eigenvalue weighted by molar-refractivity contribution is 7.47. The first-order valence-corrected chi connectivity index (χ1v) is 36.8. The van der Waals surface area contributed by atoms with Crippen molar-refractivity contribution in [2.75, 3.05) is 40.9 Å². The Hall–Kier alpha value is -2.06. The minimum Gasteiger partial charge on any atom is -0.387 e. The van der Waals surface area contributed by atoms with Gasteiger partial charge in [0.05, 0.1) is 39.9 Å². The SMILES string of the molecule is CC/C=C\C/C=C\C/C=C\C/C=C\CCCCCCCCCCCCCCCCCCCCCCCCCCCCC(=O)NC(COP(=O)(O)OCC[N+](C)(C)C)C(O)/C=C/CC/C=C/CCCCCCCCCCCCCCCCC. The standard InChI is InChI=1S/C73H137N2O6P/c1-6-8-10-12-14-16-18-20-22-24-26-28-29-30-31-32-33-34-35-36-37-38-39-40-41-42-43-44-45-47-49-51-53-55-57-59-61-63-65-67-73(77)74-71(70-81-82(78,79)80-69-68-75(3,4)5)72(76)66-64-62-60-58-56-54-52-50-48-46-27-25-23-21-19-17-15-13-11-9-7-2/h8,10,14,16,20,22,26,28,56,58,64,66,71-72,76H,6-7,9,11-13,15,17-19,21,23-25,27,29-55,57,59-63,65,67-70H2,1-5H3,(H-,74,77,78,79)/p+1/b10-8-,16-14-,22-20-,28-26-,58-56+,66-64+. The monoisotopic (exact) mass is 1170 g/mol. The minimum absolute atomic E-state index is 0.0567. The number of rotatable bonds is 65. The summed E-state index contributed by atoms with van der Waals surface area (Å²) in [6.07, 6.45) is 89.2. The first kappa shape index (κ1) is 79.9. The smallest absolute Gasteiger partial charge is 0.387 e. The molecule has 0 aliphatic rings. The van der Waals surface area contributed by atoms with E-state index in [9.17, 15) is 19.4 Å². The number of aliphatic hydroxyl groups excluding tert-OH is 1. The molecule has 8 nitrogen and oxygen atoms in total. The van der Waals surface area contributed by atoms with Gasteiger partial charge in [0.25, 0.3) is 0 Å². The molecular formula is C73H138N2O6P+. The van der Waals surface area contributed by atoms with Gasteiger partial charge in [0.2, 0.25) is 5.91 Å². The zero-order chi connectivity index (χ0) is 59.8. The van der Waals surface area contributed by atoms with Gasteiger partial charge in [-0.1, -0.05) is 331 Å². The van der Waals surface area contributed by atoms with E-state index in [1.54, 1.807) is 6.08 Å². The third-order valence-electron chi connectivity index (χ3n) is 15.9. The molecule has 0 aromatic heterocycles. The molecule has 0 fully saturated rings. The number of likely N-dealkylation sites (N-methyl/N-ethyl adjacent to an activating group) is 1. The molecule has 0 aliphatic carbocycles. The van der Waals surface area contributed by atoms with Crippen LogP contribution in [0.5, 0.6) is 0 Å². The Morgan fingerprint density at radius 2 is 0.744 bits per heavy atom. The Labute approximate surface area is 510 Å². The summed E-state index contributed by atoms with van der Waals surface area (Å²) in [7, 11) is 1.57. The number of hydrogen-bond acceptors (Lipinski definition) is 5. The lowest BCUT2D eigenvalue weighted by Crippen LogP contribution is -2.45. The summed E-state index contributed by atoms with van der Waals surface area (Å²) >= 11 is 0. The van der Waals surface area contributed by atoms with E-state index in [4.69, 9.17) is 9.05 Å². The van der Waals surface area contributed by atoms with E-state index >= 15 is 0 Å². The van der Waals surface area contributed by atoms with Crippen LogP contribution >= 0.6 is 7.82 Å². The van der Waals surface area contributed by atoms with Crippen LogP contribution < -0.4 is 5.32 Å². The van der Waals surface area contributed by atoms with Crippen molar-refractivity contribution >= 4 is 13.7 Å². The van der Waals surface area contributed by atoms with Crippen LogP contribution in [-0.4, -0.2) is 73.4 Å². The maximum Gasteiger partial charge on any atom is 0.472 e. The number of carbonyl (C=O) groups is 1. The third-order valence-corrected chi connectivity index (χ3v) is 16.9. The van der Waals surface area contributed by atoms with Gasteiger partial charge < -0.3 is 19.8 Å². The Morgan fingerprint density at radius 3 is 1.12 bits per heavy atom. The summed E-state index contributed by atoms with van der Waals surface area (Å²) in [6, 6.07) is -0.865. The number of hydrogen-bond donors (Lipinski definition) is 3. The predicted octanol–water partition coefficient (Wildman–Crippen LogP) is 22.6. The molecule has 3 atom stereocenters. The van der Waals surface area contributed by atoms with Crippen molar-refractivity contribution in [1.29, 1.82) is 0 Å². The summed E-state index contributed by atoms with van der Waals surface area (Å²) < 4.78 is 23.8. The zero-order valence-electron chi connectivity index (χ0n) is 55.0. The fourth-order valence-electron chi connectivity index (χ4n) is 10.5. The van der Waals surface area contributed by atoms with Gasteiger partial charge in [-0.3, -0.25) is 13.8 Å². The first-order chi connectivity index (χ1) is 40.0. The van der Waals surface area contributed by atoms with Crippen LogP contribution in [0.3, 0.4) is 0 Å². The Bertz CT molecular complexity index is 1570. The van der Waals surface area contributed by atoms with Crippen molar-refractivity contribution in [1.82, 2.24) is 5.32 Å². The van der Waals surface area contributed by atoms with Crippen LogP contribution in [0.2, 0.25) is 0 Å². The molecule has 0 radical (unpaired) electrons. The lowest BCUT2D eigenvalue weighted by molar-refractivity contribution is -0.870. The molecule has 480 valence electrons. The molecule has 0 saturated carbocycles. The minimum atomic E-state index is -4.36. The molecule has 0 aliphatic heterocycles. The van der Waals surface area contributed by atoms with Gasteiger partial charge in [0.15, 0.2) is 0 Å². The maximum atomic E-state index is 13.0. The normalized spacial score (nSPS) is 14.1. The van der Waals surface area contributed by atoms with Gasteiger partial charge in [0, 0.05) is 6.42 Å². The highest BCUT2D eigenvalue weighted by Crippen LogP contribution is 2.43. The summed E-state index contributed by atoms with van der Waals surface area (Å²) in [6.45, 7) is 4.72. The molecule has 0 heterocycles. The van der Waals surface area contributed by atoms with E-state index in [2.05, 4.69) is 79.9 Å².